The first-order valence-corrected chi connectivity index (χ1v) is 7.76. The summed E-state index contributed by atoms with van der Waals surface area (Å²) >= 11 is 0. The topological polar surface area (TPSA) is 73.9 Å². The van der Waals surface area contributed by atoms with E-state index in [1.54, 1.807) is 0 Å². The molecule has 1 aliphatic heterocycles. The van der Waals surface area contributed by atoms with Crippen molar-refractivity contribution < 1.29 is 23.8 Å². The van der Waals surface area contributed by atoms with Gasteiger partial charge < -0.3 is 19.5 Å². The number of ether oxygens (including phenoxy) is 3. The molecule has 0 aromatic heterocycles. The molecule has 0 spiro atoms. The van der Waals surface area contributed by atoms with E-state index in [1.807, 2.05) is 0 Å². The predicted molar refractivity (Wildman–Crippen MR) is 75.7 cm³/mol. The molecule has 1 amide bonds. The zero-order chi connectivity index (χ0) is 15.1. The molecule has 1 unspecified atom stereocenters. The van der Waals surface area contributed by atoms with Crippen LogP contribution in [-0.4, -0.2) is 51.0 Å². The molecule has 1 saturated carbocycles. The van der Waals surface area contributed by atoms with Crippen LogP contribution in [0.5, 0.6) is 0 Å². The van der Waals surface area contributed by atoms with Gasteiger partial charge in [0.1, 0.15) is 6.61 Å². The van der Waals surface area contributed by atoms with Gasteiger partial charge in [0.2, 0.25) is 5.91 Å². The fraction of sp³-hybridized carbons (Fsp3) is 0.867. The lowest BCUT2D eigenvalue weighted by molar-refractivity contribution is -0.148. The molecule has 120 valence electrons. The highest BCUT2D eigenvalue weighted by Gasteiger charge is 2.27. The van der Waals surface area contributed by atoms with E-state index < -0.39 is 0 Å². The van der Waals surface area contributed by atoms with Gasteiger partial charge in [0.15, 0.2) is 0 Å². The lowest BCUT2D eigenvalue weighted by Gasteiger charge is -2.26. The molecule has 0 bridgehead atoms. The predicted octanol–water partition coefficient (Wildman–Crippen LogP) is 1.03. The largest absolute Gasteiger partial charge is 0.469 e. The summed E-state index contributed by atoms with van der Waals surface area (Å²) in [6.07, 6.45) is 5.46. The van der Waals surface area contributed by atoms with Crippen LogP contribution < -0.4 is 5.32 Å². The maximum atomic E-state index is 11.7. The molecule has 1 atom stereocenters. The van der Waals surface area contributed by atoms with Crippen molar-refractivity contribution in [2.45, 2.75) is 50.7 Å². The summed E-state index contributed by atoms with van der Waals surface area (Å²) < 4.78 is 15.8. The van der Waals surface area contributed by atoms with Gasteiger partial charge in [-0.3, -0.25) is 9.59 Å². The first kappa shape index (κ1) is 16.2. The third-order valence-electron chi connectivity index (χ3n) is 4.21. The number of carbonyl (C=O) groups is 2. The highest BCUT2D eigenvalue weighted by molar-refractivity contribution is 5.77. The number of methoxy groups -OCH3 is 1. The lowest BCUT2D eigenvalue weighted by atomic mass is 9.87. The molecule has 1 saturated heterocycles. The van der Waals surface area contributed by atoms with Gasteiger partial charge in [-0.1, -0.05) is 0 Å². The summed E-state index contributed by atoms with van der Waals surface area (Å²) in [7, 11) is 1.42. The van der Waals surface area contributed by atoms with Crippen molar-refractivity contribution in [2.75, 3.05) is 26.9 Å². The summed E-state index contributed by atoms with van der Waals surface area (Å²) in [5.74, 6) is -0.244. The van der Waals surface area contributed by atoms with Crippen LogP contribution in [-0.2, 0) is 23.8 Å². The van der Waals surface area contributed by atoms with Crippen LogP contribution in [0.3, 0.4) is 0 Å². The molecule has 2 aliphatic rings. The van der Waals surface area contributed by atoms with Crippen molar-refractivity contribution >= 4 is 11.9 Å². The van der Waals surface area contributed by atoms with Gasteiger partial charge in [0.25, 0.3) is 0 Å². The number of amides is 1. The smallest absolute Gasteiger partial charge is 0.308 e. The Balaban J connectivity index is 1.56. The minimum absolute atomic E-state index is 0.0109. The highest BCUT2D eigenvalue weighted by atomic mass is 16.5. The van der Waals surface area contributed by atoms with Gasteiger partial charge in [0.05, 0.1) is 25.2 Å². The Kier molecular flexibility index (Phi) is 6.45. The van der Waals surface area contributed by atoms with Gasteiger partial charge in [-0.15, -0.1) is 0 Å². The molecule has 21 heavy (non-hydrogen) atoms. The molecular weight excluding hydrogens is 274 g/mol. The van der Waals surface area contributed by atoms with Crippen LogP contribution in [0.1, 0.15) is 38.5 Å². The number of rotatable bonds is 6. The Labute approximate surface area is 125 Å². The van der Waals surface area contributed by atoms with Crippen LogP contribution in [0.25, 0.3) is 0 Å². The van der Waals surface area contributed by atoms with Gasteiger partial charge >= 0.3 is 5.97 Å². The van der Waals surface area contributed by atoms with E-state index in [0.717, 1.165) is 45.1 Å². The summed E-state index contributed by atoms with van der Waals surface area (Å²) in [5, 5.41) is 2.84. The minimum atomic E-state index is -0.136. The third kappa shape index (κ3) is 5.28. The van der Waals surface area contributed by atoms with Gasteiger partial charge in [-0.05, 0) is 38.5 Å². The van der Waals surface area contributed by atoms with Gasteiger partial charge in [-0.25, -0.2) is 0 Å². The molecule has 1 N–H and O–H groups in total. The van der Waals surface area contributed by atoms with Gasteiger partial charge in [0, 0.05) is 13.2 Å². The van der Waals surface area contributed by atoms with Crippen LogP contribution in [0.15, 0.2) is 0 Å². The van der Waals surface area contributed by atoms with Crippen LogP contribution in [0, 0.1) is 5.92 Å². The number of hydrogen-bond acceptors (Lipinski definition) is 5. The Morgan fingerprint density at radius 2 is 1.95 bits per heavy atom. The Bertz CT molecular complexity index is 346. The van der Waals surface area contributed by atoms with E-state index in [1.165, 1.54) is 7.11 Å². The monoisotopic (exact) mass is 299 g/mol. The van der Waals surface area contributed by atoms with Gasteiger partial charge in [-0.2, -0.15) is 0 Å². The van der Waals surface area contributed by atoms with Crippen molar-refractivity contribution in [1.82, 2.24) is 5.32 Å². The molecular formula is C15H25NO5. The fourth-order valence-electron chi connectivity index (χ4n) is 2.91. The second-order valence-corrected chi connectivity index (χ2v) is 5.75. The second-order valence-electron chi connectivity index (χ2n) is 5.75. The molecule has 6 heteroatoms. The summed E-state index contributed by atoms with van der Waals surface area (Å²) in [5.41, 5.74) is 0. The quantitative estimate of drug-likeness (QED) is 0.742. The first-order chi connectivity index (χ1) is 10.2. The van der Waals surface area contributed by atoms with Crippen molar-refractivity contribution in [3.63, 3.8) is 0 Å². The van der Waals surface area contributed by atoms with Crippen LogP contribution in [0.2, 0.25) is 0 Å². The van der Waals surface area contributed by atoms with Crippen molar-refractivity contribution in [3.8, 4) is 0 Å². The summed E-state index contributed by atoms with van der Waals surface area (Å²) in [6, 6.07) is 0. The zero-order valence-electron chi connectivity index (χ0n) is 12.6. The van der Waals surface area contributed by atoms with E-state index in [-0.39, 0.29) is 36.6 Å². The van der Waals surface area contributed by atoms with Crippen molar-refractivity contribution in [2.24, 2.45) is 5.92 Å². The second kappa shape index (κ2) is 8.34. The van der Waals surface area contributed by atoms with E-state index >= 15 is 0 Å². The van der Waals surface area contributed by atoms with Crippen molar-refractivity contribution in [3.05, 3.63) is 0 Å². The number of esters is 1. The summed E-state index contributed by atoms with van der Waals surface area (Å²) in [6.45, 7) is 1.44. The Morgan fingerprint density at radius 3 is 2.57 bits per heavy atom. The molecule has 2 fully saturated rings. The average molecular weight is 299 g/mol. The third-order valence-corrected chi connectivity index (χ3v) is 4.21. The standard InChI is InChI=1S/C15H25NO5/c1-19-15(18)11-4-6-12(7-5-11)21-10-14(17)16-9-13-3-2-8-20-13/h11-13H,2-10H2,1H3,(H,16,17). The number of hydrogen-bond donors (Lipinski definition) is 1. The molecule has 0 aromatic rings. The van der Waals surface area contributed by atoms with E-state index in [0.29, 0.717) is 6.54 Å². The Morgan fingerprint density at radius 1 is 1.19 bits per heavy atom. The number of carbonyl (C=O) groups excluding carboxylic acids is 2. The van der Waals surface area contributed by atoms with Crippen molar-refractivity contribution in [1.29, 1.82) is 0 Å². The Hall–Kier alpha value is -1.14. The summed E-state index contributed by atoms with van der Waals surface area (Å²) in [4.78, 5) is 23.1. The lowest BCUT2D eigenvalue weighted by Crippen LogP contribution is -2.36. The van der Waals surface area contributed by atoms with Crippen LogP contribution >= 0.6 is 0 Å². The van der Waals surface area contributed by atoms with E-state index in [9.17, 15) is 9.59 Å². The molecule has 1 aliphatic carbocycles. The molecule has 0 radical (unpaired) electrons. The fourth-order valence-corrected chi connectivity index (χ4v) is 2.91. The molecule has 2 rings (SSSR count). The first-order valence-electron chi connectivity index (χ1n) is 7.76. The molecule has 1 heterocycles. The number of nitrogens with one attached hydrogen (secondary N) is 1. The molecule has 6 nitrogen and oxygen atoms in total. The minimum Gasteiger partial charge on any atom is -0.469 e. The zero-order valence-corrected chi connectivity index (χ0v) is 12.6. The van der Waals surface area contributed by atoms with Crippen LogP contribution in [0.4, 0.5) is 0 Å². The van der Waals surface area contributed by atoms with E-state index in [4.69, 9.17) is 14.2 Å². The maximum absolute atomic E-state index is 11.7. The highest BCUT2D eigenvalue weighted by Crippen LogP contribution is 2.26. The van der Waals surface area contributed by atoms with E-state index in [2.05, 4.69) is 5.32 Å². The average Bonchev–Trinajstić information content (AvgIpc) is 3.04. The SMILES string of the molecule is COC(=O)C1CCC(OCC(=O)NCC2CCCO2)CC1. The molecule has 0 aromatic carbocycles. The maximum Gasteiger partial charge on any atom is 0.308 e. The normalized spacial score (nSPS) is 29.1.